The van der Waals surface area contributed by atoms with Crippen LogP contribution in [0, 0.1) is 0 Å². The lowest BCUT2D eigenvalue weighted by molar-refractivity contribution is 0.660. The Bertz CT molecular complexity index is 2850. The second kappa shape index (κ2) is 12.8. The molecule has 0 saturated carbocycles. The molecule has 0 amide bonds. The zero-order chi connectivity index (χ0) is 36.2. The molecule has 0 atom stereocenters. The van der Waals surface area contributed by atoms with Gasteiger partial charge in [-0.25, -0.2) is 0 Å². The maximum Gasteiger partial charge on any atom is 0.0467 e. The highest BCUT2D eigenvalue weighted by Crippen LogP contribution is 2.51. The molecule has 1 heteroatoms. The van der Waals surface area contributed by atoms with E-state index in [0.717, 1.165) is 17.1 Å². The molecule has 0 unspecified atom stereocenters. The van der Waals surface area contributed by atoms with E-state index in [1.54, 1.807) is 0 Å². The molecule has 0 spiro atoms. The van der Waals surface area contributed by atoms with Crippen LogP contribution in [0.5, 0.6) is 0 Å². The molecule has 0 N–H and O–H groups in total. The molecule has 256 valence electrons. The van der Waals surface area contributed by atoms with Crippen LogP contribution < -0.4 is 4.90 Å². The van der Waals surface area contributed by atoms with Crippen LogP contribution in [0.4, 0.5) is 17.1 Å². The Balaban J connectivity index is 1.12. The van der Waals surface area contributed by atoms with Gasteiger partial charge in [0.15, 0.2) is 0 Å². The molecule has 0 saturated heterocycles. The standard InChI is InChI=1S/C53H39N/c1-53(2)51-25-11-10-24-48(51)49-31-30-44(35-52(49)53)54(42-28-26-37(27-29-42)39-18-12-17-38(32-39)36-14-4-3-5-15-36)43-20-13-19-40(33-43)50-34-41-16-6-7-21-45(41)46-22-8-9-23-47(46)50/h3-35H,1-2H3. The van der Waals surface area contributed by atoms with Crippen molar-refractivity contribution in [2.24, 2.45) is 0 Å². The summed E-state index contributed by atoms with van der Waals surface area (Å²) in [5.41, 5.74) is 16.0. The summed E-state index contributed by atoms with van der Waals surface area (Å²) < 4.78 is 0. The predicted molar refractivity (Wildman–Crippen MR) is 230 cm³/mol. The van der Waals surface area contributed by atoms with Gasteiger partial charge in [0.1, 0.15) is 0 Å². The van der Waals surface area contributed by atoms with Crippen LogP contribution in [0.1, 0.15) is 25.0 Å². The fourth-order valence-corrected chi connectivity index (χ4v) is 8.70. The van der Waals surface area contributed by atoms with Crippen molar-refractivity contribution in [1.29, 1.82) is 0 Å². The quantitative estimate of drug-likeness (QED) is 0.157. The van der Waals surface area contributed by atoms with Gasteiger partial charge in [-0.3, -0.25) is 0 Å². The lowest BCUT2D eigenvalue weighted by Gasteiger charge is -2.28. The van der Waals surface area contributed by atoms with Crippen molar-refractivity contribution >= 4 is 38.6 Å². The summed E-state index contributed by atoms with van der Waals surface area (Å²) in [6.45, 7) is 4.71. The topological polar surface area (TPSA) is 3.24 Å². The number of nitrogens with zero attached hydrogens (tertiary/aromatic N) is 1. The van der Waals surface area contributed by atoms with E-state index in [4.69, 9.17) is 0 Å². The van der Waals surface area contributed by atoms with Crippen LogP contribution >= 0.6 is 0 Å². The zero-order valence-electron chi connectivity index (χ0n) is 30.5. The van der Waals surface area contributed by atoms with Crippen molar-refractivity contribution in [3.05, 3.63) is 211 Å². The van der Waals surface area contributed by atoms with E-state index < -0.39 is 0 Å². The van der Waals surface area contributed by atoms with E-state index >= 15 is 0 Å². The molecular formula is C53H39N. The maximum atomic E-state index is 2.43. The first-order valence-electron chi connectivity index (χ1n) is 18.8. The highest BCUT2D eigenvalue weighted by molar-refractivity contribution is 6.14. The van der Waals surface area contributed by atoms with Crippen LogP contribution in [-0.2, 0) is 5.41 Å². The normalized spacial score (nSPS) is 12.8. The molecule has 0 aliphatic heterocycles. The fourth-order valence-electron chi connectivity index (χ4n) is 8.70. The van der Waals surface area contributed by atoms with Gasteiger partial charge in [-0.1, -0.05) is 166 Å². The molecule has 0 radical (unpaired) electrons. The molecule has 1 aliphatic carbocycles. The smallest absolute Gasteiger partial charge is 0.0467 e. The van der Waals surface area contributed by atoms with E-state index in [2.05, 4.69) is 219 Å². The van der Waals surface area contributed by atoms with E-state index in [-0.39, 0.29) is 5.41 Å². The Labute approximate surface area is 317 Å². The Morgan fingerprint density at radius 2 is 0.889 bits per heavy atom. The second-order valence-corrected chi connectivity index (χ2v) is 15.0. The van der Waals surface area contributed by atoms with Gasteiger partial charge in [0, 0.05) is 22.5 Å². The summed E-state index contributed by atoms with van der Waals surface area (Å²) in [5.74, 6) is 0. The third kappa shape index (κ3) is 5.32. The van der Waals surface area contributed by atoms with Gasteiger partial charge in [0.05, 0.1) is 0 Å². The monoisotopic (exact) mass is 689 g/mol. The number of hydrogen-bond donors (Lipinski definition) is 0. The van der Waals surface area contributed by atoms with Crippen LogP contribution in [0.2, 0.25) is 0 Å². The Hall–Kier alpha value is -6.70. The summed E-state index contributed by atoms with van der Waals surface area (Å²) in [5, 5.41) is 5.07. The summed E-state index contributed by atoms with van der Waals surface area (Å²) in [6, 6.07) is 73.4. The molecule has 9 aromatic carbocycles. The summed E-state index contributed by atoms with van der Waals surface area (Å²) in [4.78, 5) is 2.43. The summed E-state index contributed by atoms with van der Waals surface area (Å²) in [6.07, 6.45) is 0. The van der Waals surface area contributed by atoms with Gasteiger partial charge in [-0.2, -0.15) is 0 Å². The first-order chi connectivity index (χ1) is 26.5. The number of rotatable bonds is 6. The van der Waals surface area contributed by atoms with Crippen molar-refractivity contribution in [3.8, 4) is 44.5 Å². The predicted octanol–water partition coefficient (Wildman–Crippen LogP) is 14.8. The van der Waals surface area contributed by atoms with Gasteiger partial charge in [0.25, 0.3) is 0 Å². The van der Waals surface area contributed by atoms with Crippen LogP contribution in [0.15, 0.2) is 200 Å². The minimum absolute atomic E-state index is 0.104. The molecule has 1 aliphatic rings. The molecule has 54 heavy (non-hydrogen) atoms. The van der Waals surface area contributed by atoms with Crippen molar-refractivity contribution in [2.45, 2.75) is 19.3 Å². The molecule has 0 fully saturated rings. The van der Waals surface area contributed by atoms with Crippen LogP contribution in [0.3, 0.4) is 0 Å². The zero-order valence-corrected chi connectivity index (χ0v) is 30.5. The Kier molecular flexibility index (Phi) is 7.56. The molecule has 1 nitrogen and oxygen atoms in total. The lowest BCUT2D eigenvalue weighted by Crippen LogP contribution is -2.16. The van der Waals surface area contributed by atoms with Crippen molar-refractivity contribution in [3.63, 3.8) is 0 Å². The highest BCUT2D eigenvalue weighted by atomic mass is 15.1. The average Bonchev–Trinajstić information content (AvgIpc) is 3.46. The minimum Gasteiger partial charge on any atom is -0.310 e. The summed E-state index contributed by atoms with van der Waals surface area (Å²) >= 11 is 0. The molecule has 0 heterocycles. The van der Waals surface area contributed by atoms with E-state index in [0.29, 0.717) is 0 Å². The Morgan fingerprint density at radius 3 is 1.70 bits per heavy atom. The number of hydrogen-bond acceptors (Lipinski definition) is 1. The van der Waals surface area contributed by atoms with Gasteiger partial charge < -0.3 is 4.90 Å². The highest BCUT2D eigenvalue weighted by Gasteiger charge is 2.35. The third-order valence-electron chi connectivity index (χ3n) is 11.4. The Morgan fingerprint density at radius 1 is 0.315 bits per heavy atom. The maximum absolute atomic E-state index is 2.43. The minimum atomic E-state index is -0.104. The first-order valence-corrected chi connectivity index (χ1v) is 18.8. The largest absolute Gasteiger partial charge is 0.310 e. The van der Waals surface area contributed by atoms with E-state index in [1.807, 2.05) is 0 Å². The number of anilines is 3. The van der Waals surface area contributed by atoms with E-state index in [9.17, 15) is 0 Å². The van der Waals surface area contributed by atoms with Gasteiger partial charge in [-0.15, -0.1) is 0 Å². The van der Waals surface area contributed by atoms with Crippen molar-refractivity contribution in [2.75, 3.05) is 4.90 Å². The lowest BCUT2D eigenvalue weighted by atomic mass is 9.82. The molecule has 9 aromatic rings. The first kappa shape index (κ1) is 32.0. The van der Waals surface area contributed by atoms with Crippen molar-refractivity contribution in [1.82, 2.24) is 0 Å². The van der Waals surface area contributed by atoms with Crippen molar-refractivity contribution < 1.29 is 0 Å². The van der Waals surface area contributed by atoms with Gasteiger partial charge in [0.2, 0.25) is 0 Å². The molecule has 10 rings (SSSR count). The molecule has 0 aromatic heterocycles. The number of benzene rings is 9. The van der Waals surface area contributed by atoms with Crippen LogP contribution in [-0.4, -0.2) is 0 Å². The molecular weight excluding hydrogens is 651 g/mol. The second-order valence-electron chi connectivity index (χ2n) is 15.0. The average molecular weight is 690 g/mol. The summed E-state index contributed by atoms with van der Waals surface area (Å²) in [7, 11) is 0. The molecule has 0 bridgehead atoms. The van der Waals surface area contributed by atoms with Crippen LogP contribution in [0.25, 0.3) is 66.1 Å². The fraction of sp³-hybridized carbons (Fsp3) is 0.0566. The number of fused-ring (bicyclic) bond motifs is 6. The van der Waals surface area contributed by atoms with Gasteiger partial charge in [-0.05, 0) is 126 Å². The SMILES string of the molecule is CC1(C)c2ccccc2-c2ccc(N(c3ccc(-c4cccc(-c5ccccc5)c4)cc3)c3cccc(-c4cc5ccccc5c5ccccc45)c3)cc21. The van der Waals surface area contributed by atoms with Gasteiger partial charge >= 0.3 is 0 Å². The third-order valence-corrected chi connectivity index (χ3v) is 11.4. The van der Waals surface area contributed by atoms with E-state index in [1.165, 1.54) is 77.2 Å².